The average molecular weight is 223 g/mol. The second-order valence-electron chi connectivity index (χ2n) is 3.88. The summed E-state index contributed by atoms with van der Waals surface area (Å²) in [4.78, 5) is 33.6. The van der Waals surface area contributed by atoms with Crippen LogP contribution in [0.15, 0.2) is 24.4 Å². The molecule has 0 saturated heterocycles. The van der Waals surface area contributed by atoms with E-state index in [1.54, 1.807) is 13.8 Å². The first-order chi connectivity index (χ1) is 7.25. The number of hydrogen-bond acceptors (Lipinski definition) is 3. The van der Waals surface area contributed by atoms with E-state index in [-0.39, 0.29) is 35.3 Å². The molecule has 0 spiro atoms. The molecular formula is C12H17NO3. The Morgan fingerprint density at radius 2 is 1.69 bits per heavy atom. The van der Waals surface area contributed by atoms with Crippen molar-refractivity contribution in [2.75, 3.05) is 0 Å². The van der Waals surface area contributed by atoms with Gasteiger partial charge in [0.1, 0.15) is 0 Å². The van der Waals surface area contributed by atoms with Crippen LogP contribution >= 0.6 is 0 Å². The average Bonchev–Trinajstić information content (AvgIpc) is 2.16. The molecule has 0 aliphatic heterocycles. The lowest BCUT2D eigenvalue weighted by molar-refractivity contribution is -0.125. The molecule has 0 fully saturated rings. The summed E-state index contributed by atoms with van der Waals surface area (Å²) in [6.45, 7) is 11.7. The molecule has 1 amide bonds. The van der Waals surface area contributed by atoms with Gasteiger partial charge < -0.3 is 5.32 Å². The highest BCUT2D eigenvalue weighted by molar-refractivity contribution is 6.05. The molecule has 1 N–H and O–H groups in total. The Hall–Kier alpha value is -1.71. The van der Waals surface area contributed by atoms with Crippen LogP contribution in [-0.2, 0) is 14.4 Å². The van der Waals surface area contributed by atoms with E-state index in [9.17, 15) is 14.4 Å². The summed E-state index contributed by atoms with van der Waals surface area (Å²) in [5.74, 6) is -1.13. The third-order valence-corrected chi connectivity index (χ3v) is 2.01. The Kier molecular flexibility index (Phi) is 5.36. The first-order valence-corrected chi connectivity index (χ1v) is 4.97. The van der Waals surface area contributed by atoms with Crippen molar-refractivity contribution in [3.8, 4) is 0 Å². The quantitative estimate of drug-likeness (QED) is 0.692. The highest BCUT2D eigenvalue weighted by Gasteiger charge is 2.15. The number of hydrogen-bond donors (Lipinski definition) is 1. The fraction of sp³-hybridized carbons (Fsp3) is 0.417. The van der Waals surface area contributed by atoms with Crippen molar-refractivity contribution >= 4 is 17.5 Å². The maximum atomic E-state index is 11.5. The van der Waals surface area contributed by atoms with Crippen LogP contribution in [0.25, 0.3) is 0 Å². The number of allylic oxidation sites excluding steroid dienone is 2. The molecule has 88 valence electrons. The van der Waals surface area contributed by atoms with Gasteiger partial charge in [-0.25, -0.2) is 0 Å². The lowest BCUT2D eigenvalue weighted by Gasteiger charge is -2.09. The monoisotopic (exact) mass is 223 g/mol. The fourth-order valence-electron chi connectivity index (χ4n) is 0.788. The van der Waals surface area contributed by atoms with Crippen LogP contribution in [0.4, 0.5) is 0 Å². The number of ketones is 2. The number of nitrogens with one attached hydrogen (secondary N) is 1. The molecule has 0 aromatic rings. The van der Waals surface area contributed by atoms with Crippen LogP contribution in [0.2, 0.25) is 0 Å². The predicted octanol–water partition coefficient (Wildman–Crippen LogP) is 1.38. The van der Waals surface area contributed by atoms with E-state index in [2.05, 4.69) is 18.5 Å². The van der Waals surface area contributed by atoms with Crippen LogP contribution in [-0.4, -0.2) is 17.5 Å². The van der Waals surface area contributed by atoms with Crippen LogP contribution in [0.1, 0.15) is 27.2 Å². The fourth-order valence-corrected chi connectivity index (χ4v) is 0.788. The van der Waals surface area contributed by atoms with Crippen LogP contribution < -0.4 is 5.32 Å². The number of carbonyl (C=O) groups is 3. The molecule has 0 aromatic heterocycles. The first-order valence-electron chi connectivity index (χ1n) is 4.97. The summed E-state index contributed by atoms with van der Waals surface area (Å²) >= 11 is 0. The minimum atomic E-state index is -0.394. The minimum Gasteiger partial charge on any atom is -0.323 e. The molecule has 4 nitrogen and oxygen atoms in total. The van der Waals surface area contributed by atoms with E-state index in [4.69, 9.17) is 0 Å². The molecule has 0 heterocycles. The van der Waals surface area contributed by atoms with Crippen molar-refractivity contribution in [1.29, 1.82) is 0 Å². The van der Waals surface area contributed by atoms with E-state index >= 15 is 0 Å². The van der Waals surface area contributed by atoms with Crippen molar-refractivity contribution in [2.24, 2.45) is 5.92 Å². The molecule has 0 aliphatic rings. The van der Waals surface area contributed by atoms with E-state index in [1.807, 2.05) is 0 Å². The summed E-state index contributed by atoms with van der Waals surface area (Å²) in [6, 6.07) is 0. The molecule has 0 unspecified atom stereocenters. The van der Waals surface area contributed by atoms with Gasteiger partial charge in [-0.05, 0) is 12.5 Å². The molecule has 0 rings (SSSR count). The van der Waals surface area contributed by atoms with Gasteiger partial charge >= 0.3 is 0 Å². The smallest absolute Gasteiger partial charge is 0.227 e. The Morgan fingerprint density at radius 1 is 1.19 bits per heavy atom. The number of rotatable bonds is 6. The van der Waals surface area contributed by atoms with Gasteiger partial charge in [0.05, 0.1) is 5.70 Å². The topological polar surface area (TPSA) is 63.2 Å². The van der Waals surface area contributed by atoms with Gasteiger partial charge in [0.2, 0.25) is 5.91 Å². The molecule has 0 atom stereocenters. The van der Waals surface area contributed by atoms with Crippen LogP contribution in [0, 0.1) is 5.92 Å². The van der Waals surface area contributed by atoms with Gasteiger partial charge in [-0.15, -0.1) is 0 Å². The zero-order chi connectivity index (χ0) is 12.9. The Morgan fingerprint density at radius 3 is 2.06 bits per heavy atom. The summed E-state index contributed by atoms with van der Waals surface area (Å²) < 4.78 is 0. The van der Waals surface area contributed by atoms with Crippen molar-refractivity contribution in [1.82, 2.24) is 5.32 Å². The maximum Gasteiger partial charge on any atom is 0.227 e. The second kappa shape index (κ2) is 6.00. The normalized spacial score (nSPS) is 9.75. The highest BCUT2D eigenvalue weighted by atomic mass is 16.2. The van der Waals surface area contributed by atoms with E-state index < -0.39 is 5.78 Å². The predicted molar refractivity (Wildman–Crippen MR) is 61.6 cm³/mol. The summed E-state index contributed by atoms with van der Waals surface area (Å²) in [6.07, 6.45) is -0.105. The molecule has 0 bridgehead atoms. The zero-order valence-corrected chi connectivity index (χ0v) is 9.92. The van der Waals surface area contributed by atoms with Crippen molar-refractivity contribution < 1.29 is 14.4 Å². The minimum absolute atomic E-state index is 0.00102. The number of Topliss-reactive ketones (excluding diaryl/α,β-unsaturated/α-hetero) is 2. The Bertz CT molecular complexity index is 353. The van der Waals surface area contributed by atoms with Crippen molar-refractivity contribution in [2.45, 2.75) is 27.2 Å². The Labute approximate surface area is 95.4 Å². The van der Waals surface area contributed by atoms with Crippen molar-refractivity contribution in [3.05, 3.63) is 24.4 Å². The Balaban J connectivity index is 4.31. The largest absolute Gasteiger partial charge is 0.323 e. The van der Waals surface area contributed by atoms with Crippen molar-refractivity contribution in [3.63, 3.8) is 0 Å². The zero-order valence-electron chi connectivity index (χ0n) is 9.92. The van der Waals surface area contributed by atoms with Crippen LogP contribution in [0.3, 0.4) is 0 Å². The van der Waals surface area contributed by atoms with Gasteiger partial charge in [0, 0.05) is 12.3 Å². The highest BCUT2D eigenvalue weighted by Crippen LogP contribution is 2.05. The number of carbonyl (C=O) groups excluding carboxylic acids is 3. The molecule has 4 heteroatoms. The standard InChI is InChI=1S/C12H17NO3/c1-7(2)12(16)13-9(4)11(15)6-8(3)10(5)14/h7H,3-4,6H2,1-2,5H3,(H,13,16). The van der Waals surface area contributed by atoms with Gasteiger partial charge in [-0.3, -0.25) is 14.4 Å². The third kappa shape index (κ3) is 4.68. The van der Waals surface area contributed by atoms with E-state index in [0.717, 1.165) is 0 Å². The summed E-state index contributed by atoms with van der Waals surface area (Å²) in [5.41, 5.74) is 0.214. The van der Waals surface area contributed by atoms with Gasteiger partial charge in [0.15, 0.2) is 11.6 Å². The molecule has 0 aliphatic carbocycles. The molecule has 0 saturated carbocycles. The summed E-state index contributed by atoms with van der Waals surface area (Å²) in [7, 11) is 0. The molecular weight excluding hydrogens is 206 g/mol. The lowest BCUT2D eigenvalue weighted by atomic mass is 10.1. The maximum absolute atomic E-state index is 11.5. The van der Waals surface area contributed by atoms with Gasteiger partial charge in [0.25, 0.3) is 0 Å². The first kappa shape index (κ1) is 14.3. The van der Waals surface area contributed by atoms with Gasteiger partial charge in [-0.1, -0.05) is 27.0 Å². The second-order valence-corrected chi connectivity index (χ2v) is 3.88. The molecule has 0 aromatic carbocycles. The van der Waals surface area contributed by atoms with E-state index in [1.165, 1.54) is 6.92 Å². The SMILES string of the molecule is C=C(CC(=O)C(=C)NC(=O)C(C)C)C(C)=O. The molecule has 0 radical (unpaired) electrons. The van der Waals surface area contributed by atoms with Gasteiger partial charge in [-0.2, -0.15) is 0 Å². The number of amides is 1. The summed E-state index contributed by atoms with van der Waals surface area (Å²) in [5, 5.41) is 2.39. The van der Waals surface area contributed by atoms with E-state index in [0.29, 0.717) is 0 Å². The third-order valence-electron chi connectivity index (χ3n) is 2.01. The van der Waals surface area contributed by atoms with Crippen LogP contribution in [0.5, 0.6) is 0 Å². The molecule has 16 heavy (non-hydrogen) atoms. The lowest BCUT2D eigenvalue weighted by Crippen LogP contribution is -2.30.